The predicted octanol–water partition coefficient (Wildman–Crippen LogP) is 22.5. The van der Waals surface area contributed by atoms with Crippen LogP contribution in [-0.2, 0) is 0 Å². The number of nitrogens with zero attached hydrogens (tertiary/aromatic N) is 2. The van der Waals surface area contributed by atoms with Crippen LogP contribution in [0.5, 0.6) is 0 Å². The van der Waals surface area contributed by atoms with Crippen molar-refractivity contribution in [2.75, 3.05) is 9.80 Å². The third-order valence-corrected chi connectivity index (χ3v) is 16.5. The quantitative estimate of drug-likeness (QED) is 0.155. The summed E-state index contributed by atoms with van der Waals surface area (Å²) in [4.78, 5) is 4.57. The molecule has 14 aromatic carbocycles. The molecule has 18 rings (SSSR count). The molecule has 18 aromatic rings. The van der Waals surface area contributed by atoms with Crippen LogP contribution >= 0.6 is 0 Å². The minimum atomic E-state index is 0.847. The molecule has 0 unspecified atom stereocenters. The van der Waals surface area contributed by atoms with Gasteiger partial charge in [0.05, 0.1) is 22.7 Å². The highest BCUT2D eigenvalue weighted by molar-refractivity contribution is 6.18. The molecule has 0 fully saturated rings. The molecule has 0 aliphatic rings. The van der Waals surface area contributed by atoms with Crippen LogP contribution in [-0.4, -0.2) is 0 Å². The molecule has 0 radical (unpaired) electrons. The lowest BCUT2D eigenvalue weighted by Crippen LogP contribution is -2.10. The van der Waals surface area contributed by atoms with Crippen molar-refractivity contribution >= 4 is 165 Å². The highest BCUT2D eigenvalue weighted by atomic mass is 16.3. The normalized spacial score (nSPS) is 11.9. The minimum Gasteiger partial charge on any atom is -0.454 e. The molecular weight excluding hydrogens is 1000 g/mol. The van der Waals surface area contributed by atoms with Gasteiger partial charge in [0.2, 0.25) is 0 Å². The molecule has 0 aliphatic carbocycles. The number of benzene rings is 14. The molecule has 0 saturated heterocycles. The molecule has 0 saturated carbocycles. The maximum absolute atomic E-state index is 6.56. The molecule has 0 spiro atoms. The number of para-hydroxylation sites is 8. The van der Waals surface area contributed by atoms with Gasteiger partial charge in [-0.15, -0.1) is 0 Å². The monoisotopic (exact) mass is 1050 g/mol. The van der Waals surface area contributed by atoms with Crippen molar-refractivity contribution < 1.29 is 17.7 Å². The number of fused-ring (bicyclic) bond motifs is 18. The molecule has 0 atom stereocenters. The van der Waals surface area contributed by atoms with E-state index in [1.54, 1.807) is 0 Å². The first-order valence-electron chi connectivity index (χ1n) is 27.7. The van der Waals surface area contributed by atoms with E-state index >= 15 is 0 Å². The summed E-state index contributed by atoms with van der Waals surface area (Å²) in [5.74, 6) is 0. The number of hydrogen-bond acceptors (Lipinski definition) is 6. The lowest BCUT2D eigenvalue weighted by molar-refractivity contribution is 0.665. The summed E-state index contributed by atoms with van der Waals surface area (Å²) in [5, 5.41) is 18.6. The first-order chi connectivity index (χ1) is 40.7. The zero-order valence-electron chi connectivity index (χ0n) is 44.1. The minimum absolute atomic E-state index is 0.847. The van der Waals surface area contributed by atoms with Crippen LogP contribution in [0.2, 0.25) is 0 Å². The van der Waals surface area contributed by atoms with Gasteiger partial charge in [0.1, 0.15) is 22.3 Å². The van der Waals surface area contributed by atoms with E-state index in [-0.39, 0.29) is 0 Å². The Bertz CT molecular complexity index is 5360. The van der Waals surface area contributed by atoms with Crippen molar-refractivity contribution in [2.24, 2.45) is 0 Å². The second-order valence-corrected chi connectivity index (χ2v) is 21.1. The van der Waals surface area contributed by atoms with Gasteiger partial charge in [0.25, 0.3) is 0 Å². The van der Waals surface area contributed by atoms with E-state index in [0.717, 1.165) is 122 Å². The Morgan fingerprint density at radius 1 is 0.183 bits per heavy atom. The van der Waals surface area contributed by atoms with Gasteiger partial charge in [-0.25, -0.2) is 0 Å². The fourth-order valence-electron chi connectivity index (χ4n) is 12.7. The van der Waals surface area contributed by atoms with Gasteiger partial charge in [-0.1, -0.05) is 206 Å². The predicted molar refractivity (Wildman–Crippen MR) is 341 cm³/mol. The zero-order chi connectivity index (χ0) is 53.8. The summed E-state index contributed by atoms with van der Waals surface area (Å²) < 4.78 is 26.2. The molecule has 0 bridgehead atoms. The second-order valence-electron chi connectivity index (χ2n) is 21.1. The van der Waals surface area contributed by atoms with E-state index in [2.05, 4.69) is 240 Å². The summed E-state index contributed by atoms with van der Waals surface area (Å²) in [7, 11) is 0. The Morgan fingerprint density at radius 2 is 0.463 bits per heavy atom. The molecule has 6 heteroatoms. The van der Waals surface area contributed by atoms with Crippen molar-refractivity contribution in [3.8, 4) is 0 Å². The Morgan fingerprint density at radius 3 is 0.878 bits per heavy atom. The van der Waals surface area contributed by atoms with Crippen molar-refractivity contribution in [1.82, 2.24) is 0 Å². The van der Waals surface area contributed by atoms with Gasteiger partial charge in [-0.3, -0.25) is 0 Å². The fraction of sp³-hybridized carbons (Fsp3) is 0. The Balaban J connectivity index is 0.000000130. The highest BCUT2D eigenvalue weighted by Crippen LogP contribution is 2.49. The zero-order valence-corrected chi connectivity index (χ0v) is 44.1. The van der Waals surface area contributed by atoms with Gasteiger partial charge < -0.3 is 27.5 Å². The van der Waals surface area contributed by atoms with Crippen molar-refractivity contribution in [3.63, 3.8) is 0 Å². The summed E-state index contributed by atoms with van der Waals surface area (Å²) >= 11 is 0. The van der Waals surface area contributed by atoms with Crippen LogP contribution in [0.4, 0.5) is 34.1 Å². The SMILES string of the molecule is c1ccc2c(c1)ccc1cc(N(c3cccc4c3oc3ccccc34)c3cccc4c3oc3ccccc34)ccc12.c1ccc2c(c1)ccc1ccc(N(c3cccc4c3oc3ccccc34)c3cccc4c3oc3ccccc34)cc12. The summed E-state index contributed by atoms with van der Waals surface area (Å²) in [6.07, 6.45) is 0. The largest absolute Gasteiger partial charge is 0.454 e. The van der Waals surface area contributed by atoms with E-state index in [1.807, 2.05) is 48.5 Å². The van der Waals surface area contributed by atoms with Crippen molar-refractivity contribution in [3.05, 3.63) is 279 Å². The van der Waals surface area contributed by atoms with Crippen LogP contribution in [0.15, 0.2) is 297 Å². The van der Waals surface area contributed by atoms with Gasteiger partial charge >= 0.3 is 0 Å². The standard InChI is InChI=1S/2C38H23NO2/c1-2-10-27-24(9-1)19-20-25-23-26(21-22-28(25)27)39(33-15-7-13-31-29-11-3-5-17-35(29)40-37(31)33)34-16-8-14-32-30-12-4-6-18-36(30)41-38(32)34;1-2-10-27-24(9-1)19-20-25-21-22-26(23-32(25)27)39(33-15-7-13-30-28-11-3-5-17-35(28)40-37(30)33)34-16-8-14-31-29-12-4-6-18-36(29)41-38(31)34/h2*1-23H. The second kappa shape index (κ2) is 18.2. The maximum atomic E-state index is 6.56. The molecule has 4 aromatic heterocycles. The lowest BCUT2D eigenvalue weighted by Gasteiger charge is -2.26. The van der Waals surface area contributed by atoms with E-state index in [1.165, 1.54) is 43.1 Å². The number of furan rings is 4. The van der Waals surface area contributed by atoms with Crippen LogP contribution in [0.25, 0.3) is 131 Å². The van der Waals surface area contributed by atoms with Crippen LogP contribution < -0.4 is 9.80 Å². The lowest BCUT2D eigenvalue weighted by atomic mass is 10.0. The molecule has 4 heterocycles. The third-order valence-electron chi connectivity index (χ3n) is 16.5. The van der Waals surface area contributed by atoms with Crippen LogP contribution in [0.1, 0.15) is 0 Å². The third kappa shape index (κ3) is 7.15. The Labute approximate surface area is 469 Å². The van der Waals surface area contributed by atoms with Crippen molar-refractivity contribution in [2.45, 2.75) is 0 Å². The fourth-order valence-corrected chi connectivity index (χ4v) is 12.7. The number of hydrogen-bond donors (Lipinski definition) is 0. The number of rotatable bonds is 6. The Kier molecular flexibility index (Phi) is 10.2. The average Bonchev–Trinajstić information content (AvgIpc) is 3.73. The molecule has 6 nitrogen and oxygen atoms in total. The molecule has 0 aliphatic heterocycles. The average molecular weight is 1050 g/mol. The van der Waals surface area contributed by atoms with Crippen LogP contribution in [0.3, 0.4) is 0 Å². The van der Waals surface area contributed by atoms with Crippen LogP contribution in [0, 0.1) is 0 Å². The first kappa shape index (κ1) is 45.9. The summed E-state index contributed by atoms with van der Waals surface area (Å²) in [6.45, 7) is 0. The highest BCUT2D eigenvalue weighted by Gasteiger charge is 2.26. The molecule has 82 heavy (non-hydrogen) atoms. The van der Waals surface area contributed by atoms with Gasteiger partial charge in [-0.05, 0) is 116 Å². The van der Waals surface area contributed by atoms with E-state index in [9.17, 15) is 0 Å². The van der Waals surface area contributed by atoms with Crippen molar-refractivity contribution in [1.29, 1.82) is 0 Å². The maximum Gasteiger partial charge on any atom is 0.159 e. The van der Waals surface area contributed by atoms with E-state index in [0.29, 0.717) is 0 Å². The van der Waals surface area contributed by atoms with Gasteiger partial charge in [0.15, 0.2) is 22.3 Å². The van der Waals surface area contributed by atoms with E-state index in [4.69, 9.17) is 17.7 Å². The molecule has 0 N–H and O–H groups in total. The smallest absolute Gasteiger partial charge is 0.159 e. The van der Waals surface area contributed by atoms with Gasteiger partial charge in [0, 0.05) is 54.5 Å². The molecule has 0 amide bonds. The molecule has 384 valence electrons. The summed E-state index contributed by atoms with van der Waals surface area (Å²) in [6, 6.07) is 97.8. The van der Waals surface area contributed by atoms with Gasteiger partial charge in [-0.2, -0.15) is 0 Å². The van der Waals surface area contributed by atoms with E-state index < -0.39 is 0 Å². The number of anilines is 6. The topological polar surface area (TPSA) is 59.0 Å². The Hall–Kier alpha value is -11.1. The first-order valence-corrected chi connectivity index (χ1v) is 27.7. The summed E-state index contributed by atoms with van der Waals surface area (Å²) in [5.41, 5.74) is 12.8. The molecular formula is C76H46N2O4.